The Kier molecular flexibility index (Phi) is 4.95. The molecule has 2 aromatic carbocycles. The lowest BCUT2D eigenvalue weighted by atomic mass is 10.2. The second-order valence-electron chi connectivity index (χ2n) is 4.40. The lowest BCUT2D eigenvalue weighted by Crippen LogP contribution is -1.94. The Hall–Kier alpha value is -2.60. The van der Waals surface area contributed by atoms with Gasteiger partial charge >= 0.3 is 5.69 Å². The number of hydrogen-bond acceptors (Lipinski definition) is 5. The van der Waals surface area contributed by atoms with Crippen LogP contribution in [0.25, 0.3) is 0 Å². The van der Waals surface area contributed by atoms with Crippen molar-refractivity contribution in [2.75, 3.05) is 7.11 Å². The molecule has 7 heteroatoms. The summed E-state index contributed by atoms with van der Waals surface area (Å²) in [4.78, 5) is 14.3. The molecule has 114 valence electrons. The van der Waals surface area contributed by atoms with Crippen molar-refractivity contribution in [1.29, 1.82) is 0 Å². The molecule has 0 heterocycles. The largest absolute Gasteiger partial charge is 0.502 e. The molecule has 0 amide bonds. The highest BCUT2D eigenvalue weighted by atomic mass is 35.5. The number of nitro benzene ring substituents is 1. The monoisotopic (exact) mass is 320 g/mol. The first kappa shape index (κ1) is 15.8. The average molecular weight is 321 g/mol. The van der Waals surface area contributed by atoms with Gasteiger partial charge in [-0.2, -0.15) is 0 Å². The van der Waals surface area contributed by atoms with Crippen molar-refractivity contribution in [2.45, 2.75) is 6.54 Å². The molecule has 22 heavy (non-hydrogen) atoms. The zero-order valence-corrected chi connectivity index (χ0v) is 12.4. The topological polar surface area (TPSA) is 85.0 Å². The number of hydrogen-bond donors (Lipinski definition) is 1. The number of halogens is 1. The molecule has 2 rings (SSSR count). The molecule has 0 saturated heterocycles. The van der Waals surface area contributed by atoms with Gasteiger partial charge in [0.1, 0.15) is 5.75 Å². The van der Waals surface area contributed by atoms with E-state index in [0.717, 1.165) is 11.6 Å². The first-order valence-corrected chi connectivity index (χ1v) is 6.69. The summed E-state index contributed by atoms with van der Waals surface area (Å²) in [5.41, 5.74) is 0.595. The SMILES string of the molecule is COc1ccccc1CN=Cc1cc(Cl)cc([N+](=O)[O-])c1O. The Morgan fingerprint density at radius 1 is 1.41 bits per heavy atom. The number of aliphatic imine (C=N–C) groups is 1. The smallest absolute Gasteiger partial charge is 0.312 e. The van der Waals surface area contributed by atoms with E-state index in [2.05, 4.69) is 4.99 Å². The van der Waals surface area contributed by atoms with Gasteiger partial charge in [-0.05, 0) is 12.1 Å². The first-order valence-electron chi connectivity index (χ1n) is 6.31. The van der Waals surface area contributed by atoms with E-state index in [1.165, 1.54) is 12.3 Å². The van der Waals surface area contributed by atoms with Gasteiger partial charge in [-0.1, -0.05) is 29.8 Å². The highest BCUT2D eigenvalue weighted by molar-refractivity contribution is 6.31. The van der Waals surface area contributed by atoms with Crippen molar-refractivity contribution in [2.24, 2.45) is 4.99 Å². The minimum atomic E-state index is -0.696. The summed E-state index contributed by atoms with van der Waals surface area (Å²) in [6.45, 7) is 0.309. The number of phenolic OH excluding ortho intramolecular Hbond substituents is 1. The van der Waals surface area contributed by atoms with Crippen LogP contribution in [0.4, 0.5) is 5.69 Å². The van der Waals surface area contributed by atoms with Gasteiger partial charge < -0.3 is 9.84 Å². The number of phenols is 1. The van der Waals surface area contributed by atoms with Crippen LogP contribution in [-0.4, -0.2) is 23.4 Å². The zero-order chi connectivity index (χ0) is 16.1. The second kappa shape index (κ2) is 6.91. The lowest BCUT2D eigenvalue weighted by molar-refractivity contribution is -0.385. The normalized spacial score (nSPS) is 10.8. The maximum atomic E-state index is 10.8. The van der Waals surface area contributed by atoms with Crippen LogP contribution in [0.2, 0.25) is 5.02 Å². The van der Waals surface area contributed by atoms with Gasteiger partial charge in [-0.15, -0.1) is 0 Å². The van der Waals surface area contributed by atoms with Gasteiger partial charge in [0, 0.05) is 28.4 Å². The van der Waals surface area contributed by atoms with Gasteiger partial charge in [0.25, 0.3) is 0 Å². The third-order valence-corrected chi connectivity index (χ3v) is 3.18. The Labute approximate surface area is 131 Å². The average Bonchev–Trinajstić information content (AvgIpc) is 2.50. The minimum absolute atomic E-state index is 0.156. The molecular formula is C15H13ClN2O4. The highest BCUT2D eigenvalue weighted by Crippen LogP contribution is 2.32. The molecule has 0 fully saturated rings. The first-order chi connectivity index (χ1) is 10.5. The van der Waals surface area contributed by atoms with Crippen LogP contribution in [-0.2, 0) is 6.54 Å². The van der Waals surface area contributed by atoms with E-state index >= 15 is 0 Å². The van der Waals surface area contributed by atoms with E-state index in [9.17, 15) is 15.2 Å². The summed E-state index contributed by atoms with van der Waals surface area (Å²) < 4.78 is 5.21. The maximum Gasteiger partial charge on any atom is 0.312 e. The van der Waals surface area contributed by atoms with E-state index < -0.39 is 16.4 Å². The van der Waals surface area contributed by atoms with Gasteiger partial charge in [0.15, 0.2) is 0 Å². The molecule has 0 radical (unpaired) electrons. The van der Waals surface area contributed by atoms with E-state index in [4.69, 9.17) is 16.3 Å². The third kappa shape index (κ3) is 3.53. The van der Waals surface area contributed by atoms with E-state index in [1.807, 2.05) is 24.3 Å². The molecule has 6 nitrogen and oxygen atoms in total. The number of para-hydroxylation sites is 1. The van der Waals surface area contributed by atoms with E-state index in [0.29, 0.717) is 12.3 Å². The summed E-state index contributed by atoms with van der Waals surface area (Å²) in [5.74, 6) is 0.235. The number of methoxy groups -OCH3 is 1. The number of nitrogens with zero attached hydrogens (tertiary/aromatic N) is 2. The summed E-state index contributed by atoms with van der Waals surface area (Å²) in [5, 5.41) is 20.9. The lowest BCUT2D eigenvalue weighted by Gasteiger charge is -2.05. The quantitative estimate of drug-likeness (QED) is 0.518. The van der Waals surface area contributed by atoms with Crippen LogP contribution in [0.1, 0.15) is 11.1 Å². The number of aromatic hydroxyl groups is 1. The van der Waals surface area contributed by atoms with Crippen molar-refractivity contribution in [3.8, 4) is 11.5 Å². The predicted octanol–water partition coefficient (Wildman–Crippen LogP) is 3.58. The third-order valence-electron chi connectivity index (χ3n) is 2.97. The standard InChI is InChI=1S/C15H13ClN2O4/c1-22-14-5-3-2-4-10(14)8-17-9-11-6-12(16)7-13(15(11)19)18(20)21/h2-7,9,19H,8H2,1H3. The molecule has 0 atom stereocenters. The molecule has 0 aliphatic heterocycles. The van der Waals surface area contributed by atoms with Crippen LogP contribution < -0.4 is 4.74 Å². The van der Waals surface area contributed by atoms with Gasteiger partial charge in [0.2, 0.25) is 5.75 Å². The van der Waals surface area contributed by atoms with Crippen LogP contribution in [0.15, 0.2) is 41.4 Å². The van der Waals surface area contributed by atoms with E-state index in [1.54, 1.807) is 7.11 Å². The second-order valence-corrected chi connectivity index (χ2v) is 4.84. The van der Waals surface area contributed by atoms with E-state index in [-0.39, 0.29) is 10.6 Å². The van der Waals surface area contributed by atoms with Gasteiger partial charge in [-0.25, -0.2) is 0 Å². The number of rotatable bonds is 5. The summed E-state index contributed by atoms with van der Waals surface area (Å²) in [6.07, 6.45) is 1.35. The molecule has 0 aliphatic rings. The Morgan fingerprint density at radius 3 is 2.82 bits per heavy atom. The zero-order valence-electron chi connectivity index (χ0n) is 11.7. The van der Waals surface area contributed by atoms with Crippen molar-refractivity contribution in [3.05, 3.63) is 62.7 Å². The number of ether oxygens (including phenoxy) is 1. The minimum Gasteiger partial charge on any atom is -0.502 e. The Bertz CT molecular complexity index is 731. The summed E-state index contributed by atoms with van der Waals surface area (Å²) in [6, 6.07) is 9.88. The van der Waals surface area contributed by atoms with Crippen molar-refractivity contribution < 1.29 is 14.8 Å². The van der Waals surface area contributed by atoms with Crippen molar-refractivity contribution in [1.82, 2.24) is 0 Å². The predicted molar refractivity (Wildman–Crippen MR) is 84.1 cm³/mol. The van der Waals surface area contributed by atoms with Crippen LogP contribution in [0.3, 0.4) is 0 Å². The molecule has 0 saturated carbocycles. The molecular weight excluding hydrogens is 308 g/mol. The van der Waals surface area contributed by atoms with Gasteiger partial charge in [0.05, 0.1) is 18.6 Å². The number of nitro groups is 1. The molecule has 0 aromatic heterocycles. The molecule has 0 aliphatic carbocycles. The van der Waals surface area contributed by atoms with Crippen LogP contribution in [0, 0.1) is 10.1 Å². The Balaban J connectivity index is 2.25. The summed E-state index contributed by atoms with van der Waals surface area (Å²) in [7, 11) is 1.56. The molecule has 0 unspecified atom stereocenters. The fourth-order valence-electron chi connectivity index (χ4n) is 1.92. The maximum absolute atomic E-state index is 10.8. The number of benzene rings is 2. The summed E-state index contributed by atoms with van der Waals surface area (Å²) >= 11 is 5.81. The fourth-order valence-corrected chi connectivity index (χ4v) is 2.14. The Morgan fingerprint density at radius 2 is 2.14 bits per heavy atom. The van der Waals surface area contributed by atoms with Crippen LogP contribution >= 0.6 is 11.6 Å². The van der Waals surface area contributed by atoms with Crippen LogP contribution in [0.5, 0.6) is 11.5 Å². The van der Waals surface area contributed by atoms with Crippen molar-refractivity contribution >= 4 is 23.5 Å². The fraction of sp³-hybridized carbons (Fsp3) is 0.133. The molecule has 1 N–H and O–H groups in total. The molecule has 0 bridgehead atoms. The van der Waals surface area contributed by atoms with Gasteiger partial charge in [-0.3, -0.25) is 15.1 Å². The van der Waals surface area contributed by atoms with Crippen molar-refractivity contribution in [3.63, 3.8) is 0 Å². The highest BCUT2D eigenvalue weighted by Gasteiger charge is 2.17. The molecule has 0 spiro atoms. The molecule has 2 aromatic rings.